The van der Waals surface area contributed by atoms with Gasteiger partial charge in [-0.15, -0.1) is 11.6 Å². The number of hydrogen-bond donors (Lipinski definition) is 0. The first-order chi connectivity index (χ1) is 8.69. The summed E-state index contributed by atoms with van der Waals surface area (Å²) in [7, 11) is 0. The fourth-order valence-corrected chi connectivity index (χ4v) is 2.29. The summed E-state index contributed by atoms with van der Waals surface area (Å²) in [5, 5.41) is 0. The molecule has 0 fully saturated rings. The van der Waals surface area contributed by atoms with E-state index < -0.39 is 0 Å². The van der Waals surface area contributed by atoms with Crippen molar-refractivity contribution in [1.82, 2.24) is 0 Å². The molecule has 0 nitrogen and oxygen atoms in total. The second-order valence-electron chi connectivity index (χ2n) is 4.59. The molecule has 0 bridgehead atoms. The number of rotatable bonds is 4. The van der Waals surface area contributed by atoms with Crippen LogP contribution in [0, 0.1) is 12.7 Å². The fraction of sp³-hybridized carbons (Fsp3) is 0.250. The smallest absolute Gasteiger partial charge is 0.123 e. The normalized spacial score (nSPS) is 12.4. The van der Waals surface area contributed by atoms with Crippen LogP contribution in [0.1, 0.15) is 22.6 Å². The van der Waals surface area contributed by atoms with E-state index in [0.29, 0.717) is 5.88 Å². The van der Waals surface area contributed by atoms with Crippen LogP contribution in [0.25, 0.3) is 0 Å². The van der Waals surface area contributed by atoms with Crippen molar-refractivity contribution in [2.24, 2.45) is 0 Å². The molecule has 1 unspecified atom stereocenters. The van der Waals surface area contributed by atoms with Crippen LogP contribution >= 0.6 is 11.6 Å². The van der Waals surface area contributed by atoms with Crippen molar-refractivity contribution in [2.75, 3.05) is 5.88 Å². The third-order valence-corrected chi connectivity index (χ3v) is 3.50. The molecule has 0 aliphatic rings. The first-order valence-electron chi connectivity index (χ1n) is 6.06. The number of hydrogen-bond acceptors (Lipinski definition) is 0. The average molecular weight is 263 g/mol. The van der Waals surface area contributed by atoms with Gasteiger partial charge in [0, 0.05) is 11.8 Å². The van der Waals surface area contributed by atoms with Gasteiger partial charge >= 0.3 is 0 Å². The summed E-state index contributed by atoms with van der Waals surface area (Å²) in [4.78, 5) is 0. The van der Waals surface area contributed by atoms with Crippen LogP contribution in [-0.4, -0.2) is 5.88 Å². The summed E-state index contributed by atoms with van der Waals surface area (Å²) in [5.41, 5.74) is 3.59. The molecule has 94 valence electrons. The maximum absolute atomic E-state index is 12.8. The molecule has 0 aliphatic carbocycles. The van der Waals surface area contributed by atoms with E-state index in [1.807, 2.05) is 12.1 Å². The molecule has 0 amide bonds. The Balaban J connectivity index is 2.14. The minimum Gasteiger partial charge on any atom is -0.207 e. The quantitative estimate of drug-likeness (QED) is 0.701. The molecular weight excluding hydrogens is 247 g/mol. The minimum atomic E-state index is -0.198. The zero-order chi connectivity index (χ0) is 13.0. The molecule has 0 saturated heterocycles. The Labute approximate surface area is 112 Å². The molecule has 0 radical (unpaired) electrons. The van der Waals surface area contributed by atoms with Gasteiger partial charge in [0.2, 0.25) is 0 Å². The van der Waals surface area contributed by atoms with Crippen LogP contribution in [0.15, 0.2) is 48.5 Å². The molecule has 0 spiro atoms. The Morgan fingerprint density at radius 1 is 1.00 bits per heavy atom. The predicted octanol–water partition coefficient (Wildman–Crippen LogP) is 4.70. The van der Waals surface area contributed by atoms with E-state index in [1.54, 1.807) is 0 Å². The standard InChI is InChI=1S/C16H16ClF/c1-12-2-6-14(7-3-12)15(11-17)10-13-4-8-16(18)9-5-13/h2-9,15H,10-11H2,1H3. The molecule has 18 heavy (non-hydrogen) atoms. The van der Waals surface area contributed by atoms with Crippen molar-refractivity contribution in [1.29, 1.82) is 0 Å². The van der Waals surface area contributed by atoms with Gasteiger partial charge in [0.05, 0.1) is 0 Å². The van der Waals surface area contributed by atoms with Gasteiger partial charge in [-0.05, 0) is 36.6 Å². The van der Waals surface area contributed by atoms with Crippen LogP contribution in [0.4, 0.5) is 4.39 Å². The fourth-order valence-electron chi connectivity index (χ4n) is 2.01. The largest absolute Gasteiger partial charge is 0.207 e. The van der Waals surface area contributed by atoms with Crippen molar-refractivity contribution in [3.05, 3.63) is 71.0 Å². The number of alkyl halides is 1. The van der Waals surface area contributed by atoms with Gasteiger partial charge in [-0.1, -0.05) is 42.0 Å². The van der Waals surface area contributed by atoms with Crippen molar-refractivity contribution in [3.63, 3.8) is 0 Å². The van der Waals surface area contributed by atoms with E-state index in [1.165, 1.54) is 23.3 Å². The SMILES string of the molecule is Cc1ccc(C(CCl)Cc2ccc(F)cc2)cc1. The molecule has 2 heteroatoms. The topological polar surface area (TPSA) is 0 Å². The summed E-state index contributed by atoms with van der Waals surface area (Å²) >= 11 is 6.05. The molecule has 2 aromatic rings. The lowest BCUT2D eigenvalue weighted by Crippen LogP contribution is -2.04. The van der Waals surface area contributed by atoms with Crippen LogP contribution in [0.2, 0.25) is 0 Å². The van der Waals surface area contributed by atoms with Gasteiger partial charge in [0.25, 0.3) is 0 Å². The second-order valence-corrected chi connectivity index (χ2v) is 4.90. The first kappa shape index (κ1) is 13.1. The highest BCUT2D eigenvalue weighted by Gasteiger charge is 2.11. The van der Waals surface area contributed by atoms with Gasteiger partial charge in [-0.3, -0.25) is 0 Å². The Morgan fingerprint density at radius 3 is 2.17 bits per heavy atom. The Bertz CT molecular complexity index is 488. The van der Waals surface area contributed by atoms with Crippen molar-refractivity contribution < 1.29 is 4.39 Å². The van der Waals surface area contributed by atoms with Crippen molar-refractivity contribution in [2.45, 2.75) is 19.3 Å². The lowest BCUT2D eigenvalue weighted by atomic mass is 9.93. The molecule has 0 aliphatic heterocycles. The first-order valence-corrected chi connectivity index (χ1v) is 6.59. The minimum absolute atomic E-state index is 0.198. The van der Waals surface area contributed by atoms with Crippen LogP contribution in [0.3, 0.4) is 0 Å². The Hall–Kier alpha value is -1.34. The highest BCUT2D eigenvalue weighted by atomic mass is 35.5. The molecule has 0 saturated carbocycles. The lowest BCUT2D eigenvalue weighted by Gasteiger charge is -2.14. The number of halogens is 2. The second kappa shape index (κ2) is 6.01. The van der Waals surface area contributed by atoms with E-state index >= 15 is 0 Å². The lowest BCUT2D eigenvalue weighted by molar-refractivity contribution is 0.626. The zero-order valence-electron chi connectivity index (χ0n) is 10.4. The number of aryl methyl sites for hydroxylation is 1. The van der Waals surface area contributed by atoms with Gasteiger partial charge in [-0.25, -0.2) is 4.39 Å². The molecule has 1 atom stereocenters. The number of benzene rings is 2. The summed E-state index contributed by atoms with van der Waals surface area (Å²) in [6.07, 6.45) is 0.840. The van der Waals surface area contributed by atoms with E-state index in [2.05, 4.69) is 31.2 Å². The molecule has 2 aromatic carbocycles. The zero-order valence-corrected chi connectivity index (χ0v) is 11.1. The molecular formula is C16H16ClF. The molecule has 0 N–H and O–H groups in total. The van der Waals surface area contributed by atoms with E-state index in [4.69, 9.17) is 11.6 Å². The summed E-state index contributed by atoms with van der Waals surface area (Å²) in [5.74, 6) is 0.648. The molecule has 0 heterocycles. The summed E-state index contributed by atoms with van der Waals surface area (Å²) < 4.78 is 12.8. The third kappa shape index (κ3) is 3.33. The van der Waals surface area contributed by atoms with Gasteiger partial charge in [0.1, 0.15) is 5.82 Å². The summed E-state index contributed by atoms with van der Waals surface area (Å²) in [6.45, 7) is 2.07. The highest BCUT2D eigenvalue weighted by molar-refractivity contribution is 6.18. The maximum atomic E-state index is 12.8. The molecule has 2 rings (SSSR count). The average Bonchev–Trinajstić information content (AvgIpc) is 2.39. The van der Waals surface area contributed by atoms with Crippen LogP contribution < -0.4 is 0 Å². The third-order valence-electron chi connectivity index (χ3n) is 3.13. The van der Waals surface area contributed by atoms with Crippen molar-refractivity contribution in [3.8, 4) is 0 Å². The van der Waals surface area contributed by atoms with Crippen molar-refractivity contribution >= 4 is 11.6 Å². The van der Waals surface area contributed by atoms with Crippen LogP contribution in [-0.2, 0) is 6.42 Å². The Morgan fingerprint density at radius 2 is 1.61 bits per heavy atom. The highest BCUT2D eigenvalue weighted by Crippen LogP contribution is 2.23. The van der Waals surface area contributed by atoms with Gasteiger partial charge < -0.3 is 0 Å². The predicted molar refractivity (Wildman–Crippen MR) is 74.7 cm³/mol. The van der Waals surface area contributed by atoms with Gasteiger partial charge in [0.15, 0.2) is 0 Å². The summed E-state index contributed by atoms with van der Waals surface area (Å²) in [6, 6.07) is 15.1. The molecule has 0 aromatic heterocycles. The van der Waals surface area contributed by atoms with E-state index in [-0.39, 0.29) is 11.7 Å². The Kier molecular flexibility index (Phi) is 4.38. The van der Waals surface area contributed by atoms with E-state index in [9.17, 15) is 4.39 Å². The van der Waals surface area contributed by atoms with E-state index in [0.717, 1.165) is 12.0 Å². The monoisotopic (exact) mass is 262 g/mol. The maximum Gasteiger partial charge on any atom is 0.123 e. The van der Waals surface area contributed by atoms with Gasteiger partial charge in [-0.2, -0.15) is 0 Å². The van der Waals surface area contributed by atoms with Crippen LogP contribution in [0.5, 0.6) is 0 Å².